The maximum Gasteiger partial charge on any atom is 0.416 e. The van der Waals surface area contributed by atoms with Crippen molar-refractivity contribution in [3.05, 3.63) is 190 Å². The van der Waals surface area contributed by atoms with Crippen LogP contribution < -0.4 is 15.5 Å². The number of carbonyl (C=O) groups excluding carboxylic acids is 4. The number of piperidine rings is 2. The molecule has 95 heavy (non-hydrogen) atoms. The lowest BCUT2D eigenvalue weighted by Crippen LogP contribution is -2.50. The third-order valence-corrected chi connectivity index (χ3v) is 19.3. The summed E-state index contributed by atoms with van der Waals surface area (Å²) in [5.74, 6) is -2.06. The van der Waals surface area contributed by atoms with E-state index in [1.807, 2.05) is 85.9 Å². The number of hydrogen-bond donors (Lipinski definition) is 3. The van der Waals surface area contributed by atoms with Gasteiger partial charge in [-0.15, -0.1) is 0 Å². The van der Waals surface area contributed by atoms with E-state index in [0.717, 1.165) is 71.7 Å². The van der Waals surface area contributed by atoms with Gasteiger partial charge in [0.15, 0.2) is 0 Å². The molecule has 0 unspecified atom stereocenters. The molecule has 3 heterocycles. The van der Waals surface area contributed by atoms with E-state index in [1.54, 1.807) is 24.1 Å². The Bertz CT molecular complexity index is 3590. The van der Waals surface area contributed by atoms with Gasteiger partial charge in [0, 0.05) is 107 Å². The van der Waals surface area contributed by atoms with Crippen molar-refractivity contribution in [3.8, 4) is 11.1 Å². The summed E-state index contributed by atoms with van der Waals surface area (Å²) in [6.07, 6.45) is -5.12. The van der Waals surface area contributed by atoms with Gasteiger partial charge in [0.05, 0.1) is 29.5 Å². The minimum absolute atomic E-state index is 0.0322. The molecule has 0 aromatic heterocycles. The van der Waals surface area contributed by atoms with Crippen molar-refractivity contribution < 1.29 is 69.3 Å². The van der Waals surface area contributed by atoms with Crippen LogP contribution in [-0.2, 0) is 48.9 Å². The number of ether oxygens (including phenoxy) is 2. The van der Waals surface area contributed by atoms with Gasteiger partial charge in [0.2, 0.25) is 11.8 Å². The van der Waals surface area contributed by atoms with E-state index in [9.17, 15) is 59.8 Å². The Balaban J connectivity index is 0.617. The molecule has 3 aliphatic heterocycles. The first-order valence-corrected chi connectivity index (χ1v) is 32.4. The molecule has 2 atom stereocenters. The third-order valence-electron chi connectivity index (χ3n) is 19.3. The number of fused-ring (bicyclic) bond motifs is 2. The van der Waals surface area contributed by atoms with Crippen LogP contribution >= 0.6 is 0 Å². The molecule has 10 rings (SSSR count). The van der Waals surface area contributed by atoms with E-state index in [4.69, 9.17) is 9.47 Å². The van der Waals surface area contributed by atoms with E-state index < -0.39 is 64.6 Å². The number of hydrogen-bond acceptors (Lipinski definition) is 10. The SMILES string of the molecule is CN(CCN1CCC(N(C(=O)O)c2ccccc2-c2ccccc2)CC1)C(=O)CCCCCNc1ccc(C(=O)NCCN(C)C(=O)CO[C@H]2Cc3ccccc3C23CCN(CC[C@@]2(c4ccc(F)cc4)CN(C(=O)c4cc(C(F)(F)F)cc(C(F)(F)F)c4)CO2)CC3)cc1. The summed E-state index contributed by atoms with van der Waals surface area (Å²) in [6, 6.07) is 38.7. The van der Waals surface area contributed by atoms with Gasteiger partial charge in [0.1, 0.15) is 24.8 Å². The Hall–Kier alpha value is -8.38. The normalized spacial score (nSPS) is 18.3. The second-order valence-corrected chi connectivity index (χ2v) is 25.3. The van der Waals surface area contributed by atoms with Gasteiger partial charge in [-0.3, -0.25) is 24.1 Å². The molecule has 3 N–H and O–H groups in total. The number of para-hydroxylation sites is 1. The topological polar surface area (TPSA) is 168 Å². The summed E-state index contributed by atoms with van der Waals surface area (Å²) in [5, 5.41) is 16.6. The van der Waals surface area contributed by atoms with Crippen molar-refractivity contribution in [2.75, 3.05) is 110 Å². The number of amides is 5. The smallest absolute Gasteiger partial charge is 0.416 e. The quantitative estimate of drug-likeness (QED) is 0.0369. The molecule has 3 saturated heterocycles. The predicted octanol–water partition coefficient (Wildman–Crippen LogP) is 12.2. The Morgan fingerprint density at radius 1 is 0.684 bits per heavy atom. The van der Waals surface area contributed by atoms with Crippen LogP contribution in [0.25, 0.3) is 11.1 Å². The van der Waals surface area contributed by atoms with Crippen molar-refractivity contribution in [1.29, 1.82) is 0 Å². The third kappa shape index (κ3) is 17.0. The molecular weight excluding hydrogens is 1240 g/mol. The standard InChI is InChI=1S/C72H81F7N8O8/c1-82(40-34-81-66(90)51-20-26-58(27-21-51)80-33-12-4-7-19-64(88)83(2)41-42-84-35-28-59(29-36-84)87(68(92)93)62-18-11-9-16-60(62)50-13-5-3-6-14-50)65(89)47-94-63-45-52-15-8-10-17-61(52)69(63)30-37-85(38-31-69)39-32-70(54-22-24-57(73)25-23-54)48-86(49-95-70)67(91)53-43-55(71(74,75)76)46-56(44-53)72(77,78)79/h3,5-6,8-11,13-18,20-27,43-44,46,59,63,80H,4,7,12,19,28-42,45,47-49H2,1-2H3,(H,81,90)(H,92,93)/t63-,70-/m0/s1. The highest BCUT2D eigenvalue weighted by molar-refractivity contribution is 5.96. The number of anilines is 2. The molecule has 5 amide bonds. The van der Waals surface area contributed by atoms with E-state index in [1.165, 1.54) is 34.1 Å². The lowest BCUT2D eigenvalue weighted by Gasteiger charge is -2.44. The number of carboxylic acid groups (broad SMARTS) is 1. The number of carbonyl (C=O) groups is 5. The molecule has 1 aliphatic carbocycles. The van der Waals surface area contributed by atoms with E-state index >= 15 is 0 Å². The van der Waals surface area contributed by atoms with Gasteiger partial charge < -0.3 is 49.7 Å². The second kappa shape index (κ2) is 30.6. The van der Waals surface area contributed by atoms with Crippen LogP contribution in [0.4, 0.5) is 46.9 Å². The Morgan fingerprint density at radius 2 is 1.33 bits per heavy atom. The molecule has 16 nitrogen and oxygen atoms in total. The first-order chi connectivity index (χ1) is 45.5. The molecular formula is C72H81F7N8O8. The molecule has 506 valence electrons. The molecule has 3 fully saturated rings. The Morgan fingerprint density at radius 3 is 2.01 bits per heavy atom. The van der Waals surface area contributed by atoms with Gasteiger partial charge in [-0.1, -0.05) is 91.3 Å². The summed E-state index contributed by atoms with van der Waals surface area (Å²) < 4.78 is 110. The van der Waals surface area contributed by atoms with Crippen LogP contribution in [0.1, 0.15) is 106 Å². The average molecular weight is 1320 g/mol. The Kier molecular flexibility index (Phi) is 22.3. The van der Waals surface area contributed by atoms with Gasteiger partial charge in [-0.05, 0) is 147 Å². The molecule has 0 saturated carbocycles. The summed E-state index contributed by atoms with van der Waals surface area (Å²) >= 11 is 0. The number of nitrogens with one attached hydrogen (secondary N) is 2. The largest absolute Gasteiger partial charge is 0.465 e. The highest BCUT2D eigenvalue weighted by Gasteiger charge is 2.50. The minimum atomic E-state index is -5.15. The van der Waals surface area contributed by atoms with Gasteiger partial charge >= 0.3 is 18.4 Å². The van der Waals surface area contributed by atoms with Crippen LogP contribution in [-0.4, -0.2) is 171 Å². The number of likely N-dealkylation sites (tertiary alicyclic amines) is 2. The fraction of sp³-hybridized carbons (Fsp3) is 0.431. The molecule has 1 spiro atoms. The highest BCUT2D eigenvalue weighted by atomic mass is 19.4. The van der Waals surface area contributed by atoms with Gasteiger partial charge in [-0.2, -0.15) is 26.3 Å². The van der Waals surface area contributed by atoms with Gasteiger partial charge in [-0.25, -0.2) is 9.18 Å². The lowest BCUT2D eigenvalue weighted by atomic mass is 9.72. The molecule has 6 aromatic rings. The van der Waals surface area contributed by atoms with Crippen molar-refractivity contribution in [1.82, 2.24) is 29.8 Å². The molecule has 6 aromatic carbocycles. The first-order valence-electron chi connectivity index (χ1n) is 32.4. The van der Waals surface area contributed by atoms with E-state index in [2.05, 4.69) is 32.6 Å². The maximum atomic E-state index is 14.2. The zero-order chi connectivity index (χ0) is 67.5. The fourth-order valence-electron chi connectivity index (χ4n) is 13.7. The van der Waals surface area contributed by atoms with Gasteiger partial charge in [0.25, 0.3) is 11.8 Å². The van der Waals surface area contributed by atoms with Crippen LogP contribution in [0.2, 0.25) is 0 Å². The number of benzene rings is 6. The predicted molar refractivity (Wildman–Crippen MR) is 346 cm³/mol. The molecule has 0 radical (unpaired) electrons. The van der Waals surface area contributed by atoms with E-state index in [-0.39, 0.29) is 68.6 Å². The van der Waals surface area contributed by atoms with Crippen molar-refractivity contribution in [2.24, 2.45) is 0 Å². The number of unbranched alkanes of at least 4 members (excludes halogenated alkanes) is 2. The highest BCUT2D eigenvalue weighted by Crippen LogP contribution is 2.49. The van der Waals surface area contributed by atoms with E-state index in [0.29, 0.717) is 100 Å². The molecule has 23 heteroatoms. The summed E-state index contributed by atoms with van der Waals surface area (Å²) in [5.41, 5.74) is 0.907. The molecule has 0 bridgehead atoms. The number of alkyl halides is 6. The summed E-state index contributed by atoms with van der Waals surface area (Å²) in [7, 11) is 3.49. The van der Waals surface area contributed by atoms with Crippen LogP contribution in [0, 0.1) is 5.82 Å². The average Bonchev–Trinajstić information content (AvgIpc) is 1.61. The minimum Gasteiger partial charge on any atom is -0.465 e. The van der Waals surface area contributed by atoms with Crippen LogP contribution in [0.3, 0.4) is 0 Å². The Labute approximate surface area is 548 Å². The monoisotopic (exact) mass is 1320 g/mol. The maximum absolute atomic E-state index is 14.2. The van der Waals surface area contributed by atoms with Crippen LogP contribution in [0.5, 0.6) is 0 Å². The fourth-order valence-corrected chi connectivity index (χ4v) is 13.7. The van der Waals surface area contributed by atoms with Crippen molar-refractivity contribution in [3.63, 3.8) is 0 Å². The number of likely N-dealkylation sites (N-methyl/N-ethyl adjacent to an activating group) is 2. The second-order valence-electron chi connectivity index (χ2n) is 25.3. The lowest BCUT2D eigenvalue weighted by molar-refractivity contribution is -0.143. The number of rotatable bonds is 25. The molecule has 4 aliphatic rings. The first kappa shape index (κ1) is 69.4. The summed E-state index contributed by atoms with van der Waals surface area (Å²) in [6.45, 7) is 4.70. The van der Waals surface area contributed by atoms with Crippen molar-refractivity contribution >= 4 is 41.1 Å². The zero-order valence-corrected chi connectivity index (χ0v) is 53.4. The number of nitrogens with zero attached hydrogens (tertiary/aromatic N) is 6. The number of halogens is 7. The zero-order valence-electron chi connectivity index (χ0n) is 53.4. The van der Waals surface area contributed by atoms with Crippen LogP contribution in [0.15, 0.2) is 146 Å². The summed E-state index contributed by atoms with van der Waals surface area (Å²) in [4.78, 5) is 76.6. The van der Waals surface area contributed by atoms with Crippen molar-refractivity contribution in [2.45, 2.75) is 99.7 Å².